The van der Waals surface area contributed by atoms with Gasteiger partial charge in [-0.25, -0.2) is 0 Å². The molecule has 4 heteroatoms. The molecule has 14 heavy (non-hydrogen) atoms. The van der Waals surface area contributed by atoms with E-state index in [9.17, 15) is 0 Å². The van der Waals surface area contributed by atoms with Gasteiger partial charge in [-0.3, -0.25) is 0 Å². The summed E-state index contributed by atoms with van der Waals surface area (Å²) in [7, 11) is 1.95. The van der Waals surface area contributed by atoms with Crippen LogP contribution in [-0.4, -0.2) is 13.1 Å². The van der Waals surface area contributed by atoms with Gasteiger partial charge in [-0.1, -0.05) is 23.2 Å². The summed E-state index contributed by atoms with van der Waals surface area (Å²) in [6.07, 6.45) is 0. The molecular weight excluding hydrogens is 219 g/mol. The van der Waals surface area contributed by atoms with Gasteiger partial charge < -0.3 is 10.6 Å². The molecule has 1 aromatic carbocycles. The zero-order valence-corrected chi connectivity index (χ0v) is 10.0. The largest absolute Gasteiger partial charge is 0.399 e. The van der Waals surface area contributed by atoms with E-state index in [1.165, 1.54) is 0 Å². The van der Waals surface area contributed by atoms with Crippen LogP contribution in [0.5, 0.6) is 0 Å². The normalized spacial score (nSPS) is 10.7. The van der Waals surface area contributed by atoms with E-state index < -0.39 is 0 Å². The Bertz CT molecular complexity index is 314. The third kappa shape index (κ3) is 2.25. The summed E-state index contributed by atoms with van der Waals surface area (Å²) in [5.74, 6) is 0. The van der Waals surface area contributed by atoms with Crippen molar-refractivity contribution in [3.05, 3.63) is 22.2 Å². The van der Waals surface area contributed by atoms with Crippen molar-refractivity contribution < 1.29 is 0 Å². The van der Waals surface area contributed by atoms with Crippen LogP contribution < -0.4 is 10.6 Å². The minimum atomic E-state index is 0.341. The van der Waals surface area contributed by atoms with Crippen molar-refractivity contribution in [1.82, 2.24) is 0 Å². The van der Waals surface area contributed by atoms with Crippen LogP contribution in [-0.2, 0) is 0 Å². The minimum Gasteiger partial charge on any atom is -0.399 e. The lowest BCUT2D eigenvalue weighted by molar-refractivity contribution is 0.755. The molecule has 0 aliphatic heterocycles. The molecule has 0 amide bonds. The number of hydrogen-bond acceptors (Lipinski definition) is 2. The first kappa shape index (κ1) is 11.5. The molecule has 0 aromatic heterocycles. The molecule has 0 bridgehead atoms. The number of halogens is 2. The molecule has 0 saturated carbocycles. The van der Waals surface area contributed by atoms with Crippen molar-refractivity contribution in [2.75, 3.05) is 17.7 Å². The maximum absolute atomic E-state index is 6.07. The Morgan fingerprint density at radius 3 is 2.00 bits per heavy atom. The lowest BCUT2D eigenvalue weighted by atomic mass is 10.2. The van der Waals surface area contributed by atoms with Crippen molar-refractivity contribution in [1.29, 1.82) is 0 Å². The van der Waals surface area contributed by atoms with Gasteiger partial charge in [-0.15, -0.1) is 0 Å². The molecule has 2 nitrogen and oxygen atoms in total. The Hall–Kier alpha value is -0.600. The van der Waals surface area contributed by atoms with Crippen molar-refractivity contribution in [3.8, 4) is 0 Å². The lowest BCUT2D eigenvalue weighted by Gasteiger charge is -2.26. The number of rotatable bonds is 2. The molecule has 78 valence electrons. The van der Waals surface area contributed by atoms with Crippen molar-refractivity contribution in [2.24, 2.45) is 0 Å². The van der Waals surface area contributed by atoms with Gasteiger partial charge in [0.25, 0.3) is 0 Å². The van der Waals surface area contributed by atoms with Crippen molar-refractivity contribution >= 4 is 34.6 Å². The van der Waals surface area contributed by atoms with E-state index >= 15 is 0 Å². The summed E-state index contributed by atoms with van der Waals surface area (Å²) in [6, 6.07) is 3.76. The van der Waals surface area contributed by atoms with Gasteiger partial charge >= 0.3 is 0 Å². The van der Waals surface area contributed by atoms with Gasteiger partial charge in [0.2, 0.25) is 0 Å². The number of nitrogens with two attached hydrogens (primary N) is 1. The highest BCUT2D eigenvalue weighted by molar-refractivity contribution is 6.39. The molecule has 0 atom stereocenters. The Labute approximate surface area is 94.6 Å². The van der Waals surface area contributed by atoms with Crippen molar-refractivity contribution in [2.45, 2.75) is 19.9 Å². The first-order chi connectivity index (χ1) is 6.43. The predicted molar refractivity (Wildman–Crippen MR) is 64.4 cm³/mol. The first-order valence-electron chi connectivity index (χ1n) is 4.41. The summed E-state index contributed by atoms with van der Waals surface area (Å²) in [5.41, 5.74) is 7.03. The Kier molecular flexibility index (Phi) is 3.51. The molecule has 0 fully saturated rings. The highest BCUT2D eigenvalue weighted by atomic mass is 35.5. The zero-order chi connectivity index (χ0) is 10.9. The molecule has 0 aliphatic rings. The highest BCUT2D eigenvalue weighted by Crippen LogP contribution is 2.35. The molecular formula is C10H14Cl2N2. The van der Waals surface area contributed by atoms with Crippen LogP contribution in [0.15, 0.2) is 12.1 Å². The van der Waals surface area contributed by atoms with Gasteiger partial charge in [0, 0.05) is 18.8 Å². The molecule has 1 aromatic rings. The Morgan fingerprint density at radius 1 is 1.21 bits per heavy atom. The minimum absolute atomic E-state index is 0.341. The van der Waals surface area contributed by atoms with Gasteiger partial charge in [0.1, 0.15) is 0 Å². The Morgan fingerprint density at radius 2 is 1.64 bits per heavy atom. The standard InChI is InChI=1S/C10H14Cl2N2/c1-6(2)14(3)10-8(11)4-7(13)5-9(10)12/h4-6H,13H2,1-3H3. The summed E-state index contributed by atoms with van der Waals surface area (Å²) < 4.78 is 0. The van der Waals surface area contributed by atoms with Crippen LogP contribution in [0.1, 0.15) is 13.8 Å². The van der Waals surface area contributed by atoms with E-state index in [0.717, 1.165) is 5.69 Å². The molecule has 0 unspecified atom stereocenters. The fraction of sp³-hybridized carbons (Fsp3) is 0.400. The van der Waals surface area contributed by atoms with E-state index in [2.05, 4.69) is 13.8 Å². The van der Waals surface area contributed by atoms with Crippen LogP contribution >= 0.6 is 23.2 Å². The third-order valence-corrected chi connectivity index (χ3v) is 2.74. The highest BCUT2D eigenvalue weighted by Gasteiger charge is 2.13. The van der Waals surface area contributed by atoms with Gasteiger partial charge in [-0.2, -0.15) is 0 Å². The summed E-state index contributed by atoms with van der Waals surface area (Å²) >= 11 is 12.1. The van der Waals surface area contributed by atoms with Crippen LogP contribution in [0.25, 0.3) is 0 Å². The van der Waals surface area contributed by atoms with Crippen LogP contribution in [0.2, 0.25) is 10.0 Å². The zero-order valence-electron chi connectivity index (χ0n) is 8.51. The topological polar surface area (TPSA) is 29.3 Å². The van der Waals surface area contributed by atoms with E-state index in [-0.39, 0.29) is 0 Å². The fourth-order valence-corrected chi connectivity index (χ4v) is 1.95. The SMILES string of the molecule is CC(C)N(C)c1c(Cl)cc(N)cc1Cl. The number of anilines is 2. The average Bonchev–Trinajstić information content (AvgIpc) is 2.01. The van der Waals surface area contributed by atoms with E-state index in [1.807, 2.05) is 11.9 Å². The quantitative estimate of drug-likeness (QED) is 0.793. The smallest absolute Gasteiger partial charge is 0.0746 e. The number of nitrogen functional groups attached to an aromatic ring is 1. The maximum Gasteiger partial charge on any atom is 0.0746 e. The van der Waals surface area contributed by atoms with E-state index in [4.69, 9.17) is 28.9 Å². The van der Waals surface area contributed by atoms with E-state index in [1.54, 1.807) is 12.1 Å². The van der Waals surface area contributed by atoms with Crippen LogP contribution in [0.4, 0.5) is 11.4 Å². The number of nitrogens with zero attached hydrogens (tertiary/aromatic N) is 1. The van der Waals surface area contributed by atoms with Gasteiger partial charge in [0.15, 0.2) is 0 Å². The number of hydrogen-bond donors (Lipinski definition) is 1. The second-order valence-corrected chi connectivity index (χ2v) is 4.35. The summed E-state index contributed by atoms with van der Waals surface area (Å²) in [6.45, 7) is 4.14. The average molecular weight is 233 g/mol. The van der Waals surface area contributed by atoms with Crippen LogP contribution in [0, 0.1) is 0 Å². The monoisotopic (exact) mass is 232 g/mol. The molecule has 2 N–H and O–H groups in total. The molecule has 0 aliphatic carbocycles. The van der Waals surface area contributed by atoms with Gasteiger partial charge in [0.05, 0.1) is 15.7 Å². The molecule has 0 saturated heterocycles. The summed E-state index contributed by atoms with van der Waals surface area (Å²) in [4.78, 5) is 2.02. The van der Waals surface area contributed by atoms with Gasteiger partial charge in [-0.05, 0) is 26.0 Å². The molecule has 1 rings (SSSR count). The third-order valence-electron chi connectivity index (χ3n) is 2.17. The number of benzene rings is 1. The van der Waals surface area contributed by atoms with Crippen molar-refractivity contribution in [3.63, 3.8) is 0 Å². The summed E-state index contributed by atoms with van der Waals surface area (Å²) in [5, 5.41) is 1.18. The van der Waals surface area contributed by atoms with E-state index in [0.29, 0.717) is 21.8 Å². The maximum atomic E-state index is 6.07. The Balaban J connectivity index is 3.20. The molecule has 0 heterocycles. The molecule has 0 spiro atoms. The second-order valence-electron chi connectivity index (χ2n) is 3.54. The first-order valence-corrected chi connectivity index (χ1v) is 5.16. The predicted octanol–water partition coefficient (Wildman–Crippen LogP) is 3.42. The fourth-order valence-electron chi connectivity index (χ4n) is 1.18. The second kappa shape index (κ2) is 4.28. The molecule has 0 radical (unpaired) electrons. The lowest BCUT2D eigenvalue weighted by Crippen LogP contribution is -2.26. The van der Waals surface area contributed by atoms with Crippen LogP contribution in [0.3, 0.4) is 0 Å².